The van der Waals surface area contributed by atoms with Crippen molar-refractivity contribution in [3.8, 4) is 11.5 Å². The molecule has 1 aliphatic heterocycles. The molecule has 2 heterocycles. The molecular weight excluding hydrogens is 342 g/mol. The Balaban J connectivity index is 1.44. The van der Waals surface area contributed by atoms with Gasteiger partial charge < -0.3 is 20.1 Å². The van der Waals surface area contributed by atoms with E-state index in [9.17, 15) is 4.79 Å². The molecule has 130 valence electrons. The van der Waals surface area contributed by atoms with Crippen molar-refractivity contribution in [2.45, 2.75) is 31.7 Å². The van der Waals surface area contributed by atoms with Crippen molar-refractivity contribution in [2.75, 3.05) is 12.1 Å². The molecule has 4 rings (SSSR count). The Morgan fingerprint density at radius 2 is 1.92 bits per heavy atom. The lowest BCUT2D eigenvalue weighted by Gasteiger charge is -2.12. The van der Waals surface area contributed by atoms with E-state index in [1.54, 1.807) is 30.5 Å². The second-order valence-corrected chi connectivity index (χ2v) is 6.60. The van der Waals surface area contributed by atoms with Crippen LogP contribution in [0.5, 0.6) is 11.5 Å². The second-order valence-electron chi connectivity index (χ2n) is 6.20. The number of carbonyl (C=O) groups is 1. The minimum absolute atomic E-state index is 0.0768. The van der Waals surface area contributed by atoms with Crippen LogP contribution in [0.25, 0.3) is 0 Å². The zero-order valence-corrected chi connectivity index (χ0v) is 14.3. The van der Waals surface area contributed by atoms with E-state index in [0.29, 0.717) is 33.6 Å². The van der Waals surface area contributed by atoms with E-state index in [1.807, 2.05) is 0 Å². The number of pyridine rings is 1. The molecule has 0 unspecified atom stereocenters. The van der Waals surface area contributed by atoms with E-state index in [-0.39, 0.29) is 18.7 Å². The predicted molar refractivity (Wildman–Crippen MR) is 94.8 cm³/mol. The second kappa shape index (κ2) is 6.80. The van der Waals surface area contributed by atoms with Gasteiger partial charge in [-0.25, -0.2) is 4.98 Å². The number of aromatic nitrogens is 1. The molecule has 0 spiro atoms. The number of rotatable bonds is 4. The molecule has 2 aliphatic rings. The van der Waals surface area contributed by atoms with Crippen LogP contribution in [0.3, 0.4) is 0 Å². The number of fused-ring (bicyclic) bond motifs is 1. The Morgan fingerprint density at radius 1 is 1.16 bits per heavy atom. The van der Waals surface area contributed by atoms with E-state index in [1.165, 1.54) is 12.8 Å². The number of anilines is 2. The Morgan fingerprint density at radius 3 is 2.64 bits per heavy atom. The summed E-state index contributed by atoms with van der Waals surface area (Å²) in [5.74, 6) is 1.78. The lowest BCUT2D eigenvalue weighted by atomic mass is 10.2. The number of amides is 1. The van der Waals surface area contributed by atoms with Crippen LogP contribution in [0.2, 0.25) is 5.02 Å². The average Bonchev–Trinajstić information content (AvgIpc) is 3.27. The van der Waals surface area contributed by atoms with Crippen molar-refractivity contribution in [3.63, 3.8) is 0 Å². The fraction of sp³-hybridized carbons (Fsp3) is 0.333. The highest BCUT2D eigenvalue weighted by Crippen LogP contribution is 2.39. The first-order chi connectivity index (χ1) is 12.2. The molecule has 0 saturated heterocycles. The highest BCUT2D eigenvalue weighted by atomic mass is 35.5. The largest absolute Gasteiger partial charge is 0.454 e. The summed E-state index contributed by atoms with van der Waals surface area (Å²) in [4.78, 5) is 16.5. The highest BCUT2D eigenvalue weighted by Gasteiger charge is 2.19. The van der Waals surface area contributed by atoms with Crippen molar-refractivity contribution < 1.29 is 14.3 Å². The molecule has 25 heavy (non-hydrogen) atoms. The van der Waals surface area contributed by atoms with Crippen LogP contribution in [0, 0.1) is 0 Å². The van der Waals surface area contributed by atoms with Crippen molar-refractivity contribution >= 4 is 29.0 Å². The van der Waals surface area contributed by atoms with Crippen LogP contribution in [-0.2, 0) is 0 Å². The molecule has 1 amide bonds. The van der Waals surface area contributed by atoms with Crippen LogP contribution < -0.4 is 20.1 Å². The van der Waals surface area contributed by atoms with Gasteiger partial charge in [0.1, 0.15) is 5.82 Å². The summed E-state index contributed by atoms with van der Waals surface area (Å²) < 4.78 is 10.6. The number of ether oxygens (including phenoxy) is 2. The minimum atomic E-state index is -0.0768. The van der Waals surface area contributed by atoms with Gasteiger partial charge in [0.15, 0.2) is 11.5 Å². The summed E-state index contributed by atoms with van der Waals surface area (Å²) in [5, 5.41) is 6.69. The van der Waals surface area contributed by atoms with Gasteiger partial charge in [-0.15, -0.1) is 0 Å². The van der Waals surface area contributed by atoms with E-state index in [4.69, 9.17) is 21.1 Å². The molecule has 1 aromatic carbocycles. The van der Waals surface area contributed by atoms with E-state index in [2.05, 4.69) is 15.6 Å². The molecule has 0 atom stereocenters. The first-order valence-corrected chi connectivity index (χ1v) is 8.70. The van der Waals surface area contributed by atoms with Crippen molar-refractivity contribution in [1.82, 2.24) is 10.3 Å². The lowest BCUT2D eigenvalue weighted by Crippen LogP contribution is -2.32. The maximum absolute atomic E-state index is 12.2. The molecule has 2 aromatic rings. The average molecular weight is 360 g/mol. The monoisotopic (exact) mass is 359 g/mol. The molecule has 0 radical (unpaired) electrons. The molecule has 7 heteroatoms. The Labute approximate surface area is 150 Å². The van der Waals surface area contributed by atoms with Crippen molar-refractivity contribution in [1.29, 1.82) is 0 Å². The first-order valence-electron chi connectivity index (χ1n) is 8.32. The van der Waals surface area contributed by atoms with Crippen LogP contribution in [0.1, 0.15) is 36.0 Å². The van der Waals surface area contributed by atoms with Gasteiger partial charge in [-0.3, -0.25) is 4.79 Å². The number of hydrogen-bond donors (Lipinski definition) is 2. The topological polar surface area (TPSA) is 72.5 Å². The van der Waals surface area contributed by atoms with Gasteiger partial charge in [-0.2, -0.15) is 0 Å². The molecule has 1 aliphatic carbocycles. The van der Waals surface area contributed by atoms with Crippen LogP contribution in [0.4, 0.5) is 11.5 Å². The summed E-state index contributed by atoms with van der Waals surface area (Å²) in [6, 6.07) is 7.27. The normalized spacial score (nSPS) is 16.0. The maximum Gasteiger partial charge on any atom is 0.253 e. The third-order valence-electron chi connectivity index (χ3n) is 4.44. The molecule has 1 saturated carbocycles. The van der Waals surface area contributed by atoms with Crippen LogP contribution in [0.15, 0.2) is 30.5 Å². The van der Waals surface area contributed by atoms with Gasteiger partial charge in [0.2, 0.25) is 6.79 Å². The van der Waals surface area contributed by atoms with Gasteiger partial charge >= 0.3 is 0 Å². The quantitative estimate of drug-likeness (QED) is 0.866. The lowest BCUT2D eigenvalue weighted by molar-refractivity contribution is 0.0937. The van der Waals surface area contributed by atoms with Gasteiger partial charge in [0.05, 0.1) is 16.3 Å². The van der Waals surface area contributed by atoms with Crippen molar-refractivity contribution in [3.05, 3.63) is 41.0 Å². The molecule has 2 N–H and O–H groups in total. The smallest absolute Gasteiger partial charge is 0.253 e. The number of carbonyl (C=O) groups excluding carboxylic acids is 1. The zero-order chi connectivity index (χ0) is 17.2. The minimum Gasteiger partial charge on any atom is -0.454 e. The Hall–Kier alpha value is -2.47. The summed E-state index contributed by atoms with van der Waals surface area (Å²) in [6.45, 7) is 0.193. The number of nitrogens with one attached hydrogen (secondary N) is 2. The molecule has 0 bridgehead atoms. The highest BCUT2D eigenvalue weighted by molar-refractivity contribution is 6.33. The molecule has 1 aromatic heterocycles. The van der Waals surface area contributed by atoms with E-state index >= 15 is 0 Å². The fourth-order valence-electron chi connectivity index (χ4n) is 3.09. The van der Waals surface area contributed by atoms with Crippen LogP contribution >= 0.6 is 11.6 Å². The predicted octanol–water partition coefficient (Wildman–Crippen LogP) is 3.88. The van der Waals surface area contributed by atoms with Crippen molar-refractivity contribution in [2.24, 2.45) is 0 Å². The number of benzene rings is 1. The number of halogens is 1. The summed E-state index contributed by atoms with van der Waals surface area (Å²) in [6.07, 6.45) is 6.04. The van der Waals surface area contributed by atoms with E-state index < -0.39 is 0 Å². The van der Waals surface area contributed by atoms with Gasteiger partial charge in [0, 0.05) is 24.4 Å². The Bertz CT molecular complexity index is 789. The third-order valence-corrected chi connectivity index (χ3v) is 4.75. The SMILES string of the molecule is O=C(NC1CCCC1)c1ccc(Nc2cc3c(cc2Cl)OCO3)nc1. The number of nitrogens with zero attached hydrogens (tertiary/aromatic N) is 1. The molecule has 1 fully saturated rings. The standard InChI is InChI=1S/C18H18ClN3O3/c19-13-7-15-16(25-10-24-15)8-14(13)22-17-6-5-11(9-20-17)18(23)21-12-3-1-2-4-12/h5-9,12H,1-4,10H2,(H,20,22)(H,21,23). The van der Waals surface area contributed by atoms with Gasteiger partial charge in [-0.1, -0.05) is 24.4 Å². The first kappa shape index (κ1) is 16.0. The third kappa shape index (κ3) is 3.49. The maximum atomic E-state index is 12.2. The zero-order valence-electron chi connectivity index (χ0n) is 13.5. The Kier molecular flexibility index (Phi) is 4.36. The summed E-state index contributed by atoms with van der Waals surface area (Å²) in [7, 11) is 0. The van der Waals surface area contributed by atoms with E-state index in [0.717, 1.165) is 12.8 Å². The summed E-state index contributed by atoms with van der Waals surface area (Å²) >= 11 is 6.24. The fourth-order valence-corrected chi connectivity index (χ4v) is 3.29. The summed E-state index contributed by atoms with van der Waals surface area (Å²) in [5.41, 5.74) is 1.22. The molecular formula is C18H18ClN3O3. The number of hydrogen-bond acceptors (Lipinski definition) is 5. The van der Waals surface area contributed by atoms with Gasteiger partial charge in [0.25, 0.3) is 5.91 Å². The van der Waals surface area contributed by atoms with Gasteiger partial charge in [-0.05, 0) is 25.0 Å². The molecule has 6 nitrogen and oxygen atoms in total. The van der Waals surface area contributed by atoms with Crippen LogP contribution in [-0.4, -0.2) is 23.7 Å².